The summed E-state index contributed by atoms with van der Waals surface area (Å²) in [5.41, 5.74) is 0.264. The van der Waals surface area contributed by atoms with Crippen LogP contribution in [0.15, 0.2) is 29.5 Å². The monoisotopic (exact) mass is 327 g/mol. The molecular weight excluding hydrogens is 313 g/mol. The first-order valence-electron chi connectivity index (χ1n) is 6.66. The Balaban J connectivity index is 2.25. The first-order valence-corrected chi connectivity index (χ1v) is 7.42. The minimum atomic E-state index is -0.617. The van der Waals surface area contributed by atoms with Crippen molar-refractivity contribution in [1.29, 1.82) is 0 Å². The van der Waals surface area contributed by atoms with Gasteiger partial charge in [-0.2, -0.15) is 0 Å². The summed E-state index contributed by atoms with van der Waals surface area (Å²) < 4.78 is 0. The molecule has 1 amide bonds. The molecule has 0 saturated heterocycles. The van der Waals surface area contributed by atoms with Gasteiger partial charge in [-0.15, -0.1) is 0 Å². The number of benzene rings is 1. The predicted molar refractivity (Wildman–Crippen MR) is 82.8 cm³/mol. The van der Waals surface area contributed by atoms with Crippen LogP contribution < -0.4 is 5.32 Å². The second-order valence-corrected chi connectivity index (χ2v) is 5.72. The standard InChI is InChI=1S/C15H15Cl2NO3/c1-2-8-3-6-12(19)13(14(8)20)15(21)18-9-4-5-10(16)11(17)7-9/h4-5,7-8,20H,2-3,6H2,1H3,(H,18,21). The third-order valence-corrected chi connectivity index (χ3v) is 4.28. The molecule has 4 nitrogen and oxygen atoms in total. The number of rotatable bonds is 3. The third kappa shape index (κ3) is 3.39. The molecule has 0 bridgehead atoms. The first kappa shape index (κ1) is 15.9. The summed E-state index contributed by atoms with van der Waals surface area (Å²) in [4.78, 5) is 24.1. The van der Waals surface area contributed by atoms with E-state index in [1.807, 2.05) is 6.92 Å². The predicted octanol–water partition coefficient (Wildman–Crippen LogP) is 4.13. The van der Waals surface area contributed by atoms with Crippen molar-refractivity contribution in [1.82, 2.24) is 0 Å². The van der Waals surface area contributed by atoms with Crippen molar-refractivity contribution in [3.05, 3.63) is 39.6 Å². The normalized spacial score (nSPS) is 18.8. The van der Waals surface area contributed by atoms with E-state index in [4.69, 9.17) is 23.2 Å². The van der Waals surface area contributed by atoms with Crippen LogP contribution in [0.2, 0.25) is 10.0 Å². The van der Waals surface area contributed by atoms with E-state index in [0.29, 0.717) is 28.6 Å². The molecule has 0 fully saturated rings. The van der Waals surface area contributed by atoms with Crippen LogP contribution in [0.3, 0.4) is 0 Å². The summed E-state index contributed by atoms with van der Waals surface area (Å²) >= 11 is 11.7. The number of hydrogen-bond donors (Lipinski definition) is 2. The van der Waals surface area contributed by atoms with Gasteiger partial charge in [0.15, 0.2) is 5.78 Å². The molecule has 1 aromatic rings. The Bertz CT molecular complexity index is 625. The zero-order valence-electron chi connectivity index (χ0n) is 11.5. The van der Waals surface area contributed by atoms with E-state index >= 15 is 0 Å². The number of nitrogens with one attached hydrogen (secondary N) is 1. The number of Topliss-reactive ketones (excluding diaryl/α,β-unsaturated/α-hetero) is 1. The van der Waals surface area contributed by atoms with Gasteiger partial charge >= 0.3 is 0 Å². The fourth-order valence-corrected chi connectivity index (χ4v) is 2.62. The molecule has 0 aliphatic heterocycles. The Morgan fingerprint density at radius 3 is 2.71 bits per heavy atom. The number of aliphatic hydroxyl groups excluding tert-OH is 1. The quantitative estimate of drug-likeness (QED) is 0.820. The molecule has 0 aromatic heterocycles. The first-order chi connectivity index (χ1) is 9.93. The maximum absolute atomic E-state index is 12.2. The van der Waals surface area contributed by atoms with Crippen LogP contribution in [-0.4, -0.2) is 16.8 Å². The Morgan fingerprint density at radius 1 is 1.38 bits per heavy atom. The molecular formula is C15H15Cl2NO3. The molecule has 1 aliphatic carbocycles. The van der Waals surface area contributed by atoms with Gasteiger partial charge in [-0.25, -0.2) is 0 Å². The molecule has 2 rings (SSSR count). The number of amides is 1. The highest BCUT2D eigenvalue weighted by atomic mass is 35.5. The lowest BCUT2D eigenvalue weighted by Crippen LogP contribution is -2.28. The molecule has 1 aromatic carbocycles. The Hall–Kier alpha value is -1.52. The number of carbonyl (C=O) groups is 2. The second-order valence-electron chi connectivity index (χ2n) is 4.91. The summed E-state index contributed by atoms with van der Waals surface area (Å²) in [6, 6.07) is 4.61. The van der Waals surface area contributed by atoms with Gasteiger partial charge in [0.2, 0.25) is 0 Å². The van der Waals surface area contributed by atoms with Gasteiger partial charge in [0.05, 0.1) is 10.0 Å². The van der Waals surface area contributed by atoms with Gasteiger partial charge in [0, 0.05) is 18.0 Å². The van der Waals surface area contributed by atoms with Gasteiger partial charge in [0.1, 0.15) is 11.3 Å². The van der Waals surface area contributed by atoms with Crippen LogP contribution >= 0.6 is 23.2 Å². The van der Waals surface area contributed by atoms with Crippen LogP contribution in [0.25, 0.3) is 0 Å². The summed E-state index contributed by atoms with van der Waals surface area (Å²) in [6.07, 6.45) is 1.53. The van der Waals surface area contributed by atoms with Crippen molar-refractivity contribution in [2.45, 2.75) is 26.2 Å². The molecule has 112 valence electrons. The summed E-state index contributed by atoms with van der Waals surface area (Å²) in [6.45, 7) is 1.91. The topological polar surface area (TPSA) is 66.4 Å². The van der Waals surface area contributed by atoms with Crippen molar-refractivity contribution in [2.75, 3.05) is 5.32 Å². The number of anilines is 1. The van der Waals surface area contributed by atoms with Crippen molar-refractivity contribution in [3.63, 3.8) is 0 Å². The zero-order chi connectivity index (χ0) is 15.6. The van der Waals surface area contributed by atoms with Crippen LogP contribution in [-0.2, 0) is 9.59 Å². The van der Waals surface area contributed by atoms with Crippen molar-refractivity contribution < 1.29 is 14.7 Å². The molecule has 0 saturated carbocycles. The Labute approximate surface area is 132 Å². The molecule has 0 heterocycles. The zero-order valence-corrected chi connectivity index (χ0v) is 13.0. The van der Waals surface area contributed by atoms with Crippen molar-refractivity contribution in [3.8, 4) is 0 Å². The van der Waals surface area contributed by atoms with Gasteiger partial charge in [-0.1, -0.05) is 30.1 Å². The molecule has 1 atom stereocenters. The highest BCUT2D eigenvalue weighted by Gasteiger charge is 2.31. The van der Waals surface area contributed by atoms with Crippen molar-refractivity contribution in [2.24, 2.45) is 5.92 Å². The Morgan fingerprint density at radius 2 is 2.10 bits per heavy atom. The van der Waals surface area contributed by atoms with Gasteiger partial charge in [-0.05, 0) is 31.0 Å². The minimum Gasteiger partial charge on any atom is -0.511 e. The number of aliphatic hydroxyl groups is 1. The van der Waals surface area contributed by atoms with Crippen LogP contribution in [0, 0.1) is 5.92 Å². The molecule has 0 radical (unpaired) electrons. The molecule has 0 spiro atoms. The molecule has 1 aliphatic rings. The lowest BCUT2D eigenvalue weighted by molar-refractivity contribution is -0.121. The maximum atomic E-state index is 12.2. The number of carbonyl (C=O) groups excluding carboxylic acids is 2. The summed E-state index contributed by atoms with van der Waals surface area (Å²) in [7, 11) is 0. The molecule has 6 heteroatoms. The van der Waals surface area contributed by atoms with E-state index in [9.17, 15) is 14.7 Å². The minimum absolute atomic E-state index is 0.119. The average molecular weight is 328 g/mol. The number of allylic oxidation sites excluding steroid dienone is 1. The summed E-state index contributed by atoms with van der Waals surface area (Å²) in [5.74, 6) is -1.22. The fourth-order valence-electron chi connectivity index (χ4n) is 2.32. The number of hydrogen-bond acceptors (Lipinski definition) is 3. The molecule has 21 heavy (non-hydrogen) atoms. The van der Waals surface area contributed by atoms with Crippen LogP contribution in [0.1, 0.15) is 26.2 Å². The van der Waals surface area contributed by atoms with Crippen LogP contribution in [0.4, 0.5) is 5.69 Å². The fraction of sp³-hybridized carbons (Fsp3) is 0.333. The summed E-state index contributed by atoms with van der Waals surface area (Å²) in [5, 5.41) is 13.3. The van der Waals surface area contributed by atoms with E-state index in [1.165, 1.54) is 6.07 Å². The van der Waals surface area contributed by atoms with Crippen LogP contribution in [0.5, 0.6) is 0 Å². The van der Waals surface area contributed by atoms with E-state index in [0.717, 1.165) is 0 Å². The largest absolute Gasteiger partial charge is 0.511 e. The second kappa shape index (κ2) is 6.50. The van der Waals surface area contributed by atoms with E-state index in [1.54, 1.807) is 12.1 Å². The van der Waals surface area contributed by atoms with Gasteiger partial charge < -0.3 is 10.4 Å². The smallest absolute Gasteiger partial charge is 0.262 e. The third-order valence-electron chi connectivity index (χ3n) is 3.54. The Kier molecular flexibility index (Phi) is 4.91. The van der Waals surface area contributed by atoms with Crippen molar-refractivity contribution >= 4 is 40.6 Å². The SMILES string of the molecule is CCC1CCC(=O)C(C(=O)Nc2ccc(Cl)c(Cl)c2)=C1O. The lowest BCUT2D eigenvalue weighted by atomic mass is 9.85. The van der Waals surface area contributed by atoms with E-state index in [2.05, 4.69) is 5.32 Å². The highest BCUT2D eigenvalue weighted by Crippen LogP contribution is 2.30. The van der Waals surface area contributed by atoms with Gasteiger partial charge in [-0.3, -0.25) is 9.59 Å². The number of halogens is 2. The van der Waals surface area contributed by atoms with Gasteiger partial charge in [0.25, 0.3) is 5.91 Å². The van der Waals surface area contributed by atoms with E-state index < -0.39 is 5.91 Å². The lowest BCUT2D eigenvalue weighted by Gasteiger charge is -2.22. The molecule has 1 unspecified atom stereocenters. The average Bonchev–Trinajstić information content (AvgIpc) is 2.43. The number of ketones is 1. The highest BCUT2D eigenvalue weighted by molar-refractivity contribution is 6.42. The molecule has 2 N–H and O–H groups in total. The maximum Gasteiger partial charge on any atom is 0.262 e. The van der Waals surface area contributed by atoms with E-state index in [-0.39, 0.29) is 29.5 Å².